The minimum atomic E-state index is -0.540. The molecule has 11 nitrogen and oxygen atoms in total. The Morgan fingerprint density at radius 3 is 2.55 bits per heavy atom. The first-order valence-corrected chi connectivity index (χ1v) is 14.3. The first-order chi connectivity index (χ1) is 20.9. The third-order valence-corrected chi connectivity index (χ3v) is 6.88. The molecule has 44 heavy (non-hydrogen) atoms. The first kappa shape index (κ1) is 32.0. The predicted octanol–water partition coefficient (Wildman–Crippen LogP) is 5.22. The van der Waals surface area contributed by atoms with Gasteiger partial charge in [-0.3, -0.25) is 14.5 Å². The number of aromatic nitrogens is 3. The van der Waals surface area contributed by atoms with Gasteiger partial charge in [0.1, 0.15) is 11.4 Å². The lowest BCUT2D eigenvalue weighted by atomic mass is 10.1. The summed E-state index contributed by atoms with van der Waals surface area (Å²) in [6.45, 7) is 10.4. The van der Waals surface area contributed by atoms with Gasteiger partial charge < -0.3 is 29.6 Å². The Balaban J connectivity index is 1.58. The lowest BCUT2D eigenvalue weighted by Gasteiger charge is -2.27. The van der Waals surface area contributed by atoms with Gasteiger partial charge in [0.15, 0.2) is 0 Å². The highest BCUT2D eigenvalue weighted by Gasteiger charge is 2.20. The molecule has 0 aliphatic carbocycles. The van der Waals surface area contributed by atoms with Gasteiger partial charge in [-0.15, -0.1) is 0 Å². The van der Waals surface area contributed by atoms with Gasteiger partial charge in [0.2, 0.25) is 11.9 Å². The number of methoxy groups -OCH3 is 1. The third-order valence-electron chi connectivity index (χ3n) is 6.88. The molecule has 0 aliphatic heterocycles. The maximum atomic E-state index is 12.4. The van der Waals surface area contributed by atoms with Crippen LogP contribution < -0.4 is 20.3 Å². The monoisotopic (exact) mass is 599 g/mol. The number of para-hydroxylation sites is 1. The molecule has 0 atom stereocenters. The average Bonchev–Trinajstić information content (AvgIpc) is 3.31. The Morgan fingerprint density at radius 2 is 1.84 bits per heavy atom. The standard InChI is InChI=1S/C33H41N7O4/c1-9-30(41)35-25-18-26(29(43-8)19-28(25)39(6)17-16-38(5)21-31(42)44-33(2,3)4)37-32-34-15-14-24(36-32)23-20-40(7)27-13-11-10-12-22(23)27/h9-15,18-20H,1,16-17,21H2,2-8H3,(H,35,41)(H,34,36,37). The number of aryl methyl sites for hydroxylation is 1. The lowest BCUT2D eigenvalue weighted by Crippen LogP contribution is -2.37. The molecule has 232 valence electrons. The number of rotatable bonds is 12. The largest absolute Gasteiger partial charge is 0.494 e. The first-order valence-electron chi connectivity index (χ1n) is 14.3. The van der Waals surface area contributed by atoms with Crippen molar-refractivity contribution in [2.24, 2.45) is 7.05 Å². The molecule has 0 unspecified atom stereocenters. The summed E-state index contributed by atoms with van der Waals surface area (Å²) >= 11 is 0. The van der Waals surface area contributed by atoms with E-state index in [-0.39, 0.29) is 18.4 Å². The SMILES string of the molecule is C=CC(=O)Nc1cc(Nc2nccc(-c3cn(C)c4ccccc34)n2)c(OC)cc1N(C)CCN(C)CC(=O)OC(C)(C)C. The van der Waals surface area contributed by atoms with Crippen LogP contribution in [0.5, 0.6) is 5.75 Å². The Labute approximate surface area is 258 Å². The maximum Gasteiger partial charge on any atom is 0.320 e. The highest BCUT2D eigenvalue weighted by molar-refractivity contribution is 6.02. The van der Waals surface area contributed by atoms with Crippen LogP contribution in [0.1, 0.15) is 20.8 Å². The number of ether oxygens (including phenoxy) is 2. The quantitative estimate of drug-likeness (QED) is 0.167. The molecule has 2 aromatic heterocycles. The molecular formula is C33H41N7O4. The van der Waals surface area contributed by atoms with Crippen molar-refractivity contribution >= 4 is 45.8 Å². The van der Waals surface area contributed by atoms with Gasteiger partial charge in [0.25, 0.3) is 0 Å². The fourth-order valence-corrected chi connectivity index (χ4v) is 4.78. The van der Waals surface area contributed by atoms with Crippen LogP contribution in [0, 0.1) is 0 Å². The Kier molecular flexibility index (Phi) is 9.90. The fourth-order valence-electron chi connectivity index (χ4n) is 4.78. The van der Waals surface area contributed by atoms with Crippen molar-refractivity contribution in [1.29, 1.82) is 0 Å². The number of nitrogens with one attached hydrogen (secondary N) is 2. The number of esters is 1. The smallest absolute Gasteiger partial charge is 0.320 e. The van der Waals surface area contributed by atoms with E-state index in [2.05, 4.69) is 45.1 Å². The number of carbonyl (C=O) groups excluding carboxylic acids is 2. The van der Waals surface area contributed by atoms with Crippen molar-refractivity contribution in [1.82, 2.24) is 19.4 Å². The van der Waals surface area contributed by atoms with Crippen LogP contribution in [0.4, 0.5) is 23.0 Å². The molecule has 2 aromatic carbocycles. The number of benzene rings is 2. The van der Waals surface area contributed by atoms with Crippen molar-refractivity contribution in [3.8, 4) is 17.0 Å². The van der Waals surface area contributed by atoms with Gasteiger partial charge in [-0.25, -0.2) is 9.97 Å². The van der Waals surface area contributed by atoms with E-state index in [1.807, 2.05) is 76.0 Å². The molecule has 2 N–H and O–H groups in total. The summed E-state index contributed by atoms with van der Waals surface area (Å²) < 4.78 is 13.2. The number of amides is 1. The number of anilines is 4. The number of hydrogen-bond acceptors (Lipinski definition) is 9. The van der Waals surface area contributed by atoms with Crippen molar-refractivity contribution < 1.29 is 19.1 Å². The van der Waals surface area contributed by atoms with Crippen LogP contribution in [0.3, 0.4) is 0 Å². The third kappa shape index (κ3) is 7.93. The second kappa shape index (κ2) is 13.6. The van der Waals surface area contributed by atoms with Crippen molar-refractivity contribution in [3.63, 3.8) is 0 Å². The Bertz CT molecular complexity index is 1660. The van der Waals surface area contributed by atoms with Gasteiger partial charge in [0, 0.05) is 62.1 Å². The normalized spacial score (nSPS) is 11.4. The number of likely N-dealkylation sites (N-methyl/N-ethyl adjacent to an activating group) is 2. The van der Waals surface area contributed by atoms with Crippen molar-refractivity contribution in [2.75, 3.05) is 56.4 Å². The molecule has 0 fully saturated rings. The van der Waals surface area contributed by atoms with Crippen LogP contribution in [0.25, 0.3) is 22.2 Å². The molecular weight excluding hydrogens is 558 g/mol. The maximum absolute atomic E-state index is 12.4. The molecule has 0 spiro atoms. The van der Waals surface area contributed by atoms with E-state index < -0.39 is 5.60 Å². The minimum Gasteiger partial charge on any atom is -0.494 e. The van der Waals surface area contributed by atoms with Gasteiger partial charge in [-0.2, -0.15) is 0 Å². The molecule has 0 saturated carbocycles. The highest BCUT2D eigenvalue weighted by Crippen LogP contribution is 2.38. The van der Waals surface area contributed by atoms with Crippen LogP contribution in [-0.2, 0) is 21.4 Å². The van der Waals surface area contributed by atoms with Gasteiger partial charge in [-0.1, -0.05) is 24.8 Å². The zero-order valence-corrected chi connectivity index (χ0v) is 26.5. The lowest BCUT2D eigenvalue weighted by molar-refractivity contribution is -0.155. The van der Waals surface area contributed by atoms with Crippen LogP contribution >= 0.6 is 0 Å². The van der Waals surface area contributed by atoms with Crippen LogP contribution in [-0.4, -0.2) is 77.8 Å². The zero-order chi connectivity index (χ0) is 32.0. The highest BCUT2D eigenvalue weighted by atomic mass is 16.6. The second-order valence-corrected chi connectivity index (χ2v) is 11.6. The van der Waals surface area contributed by atoms with Crippen LogP contribution in [0.15, 0.2) is 67.5 Å². The molecule has 0 aliphatic rings. The predicted molar refractivity (Wildman–Crippen MR) is 176 cm³/mol. The van der Waals surface area contributed by atoms with Crippen molar-refractivity contribution in [2.45, 2.75) is 26.4 Å². The molecule has 11 heteroatoms. The Morgan fingerprint density at radius 1 is 1.09 bits per heavy atom. The van der Waals surface area contributed by atoms with E-state index in [9.17, 15) is 9.59 Å². The molecule has 4 aromatic rings. The fraction of sp³-hybridized carbons (Fsp3) is 0.333. The summed E-state index contributed by atoms with van der Waals surface area (Å²) in [5.41, 5.74) is 4.16. The summed E-state index contributed by atoms with van der Waals surface area (Å²) in [6, 6.07) is 13.7. The molecule has 0 saturated heterocycles. The van der Waals surface area contributed by atoms with E-state index in [0.717, 1.165) is 27.8 Å². The van der Waals surface area contributed by atoms with Crippen molar-refractivity contribution in [3.05, 3.63) is 67.5 Å². The second-order valence-electron chi connectivity index (χ2n) is 11.6. The summed E-state index contributed by atoms with van der Waals surface area (Å²) in [7, 11) is 7.35. The van der Waals surface area contributed by atoms with E-state index in [1.165, 1.54) is 6.08 Å². The van der Waals surface area contributed by atoms with Gasteiger partial charge in [0.05, 0.1) is 36.4 Å². The molecule has 4 rings (SSSR count). The van der Waals surface area contributed by atoms with E-state index >= 15 is 0 Å². The molecule has 0 radical (unpaired) electrons. The number of hydrogen-bond donors (Lipinski definition) is 2. The summed E-state index contributed by atoms with van der Waals surface area (Å²) in [4.78, 5) is 37.8. The summed E-state index contributed by atoms with van der Waals surface area (Å²) in [5, 5.41) is 7.26. The average molecular weight is 600 g/mol. The number of carbonyl (C=O) groups is 2. The zero-order valence-electron chi connectivity index (χ0n) is 26.5. The minimum absolute atomic E-state index is 0.162. The summed E-state index contributed by atoms with van der Waals surface area (Å²) in [6.07, 6.45) is 4.97. The van der Waals surface area contributed by atoms with Crippen LogP contribution in [0.2, 0.25) is 0 Å². The van der Waals surface area contributed by atoms with E-state index in [1.54, 1.807) is 19.4 Å². The topological polar surface area (TPSA) is 114 Å². The number of fused-ring (bicyclic) bond motifs is 1. The molecule has 2 heterocycles. The number of nitrogens with zero attached hydrogens (tertiary/aromatic N) is 5. The van der Waals surface area contributed by atoms with E-state index in [4.69, 9.17) is 14.5 Å². The Hall–Kier alpha value is -4.90. The van der Waals surface area contributed by atoms with Gasteiger partial charge in [-0.05, 0) is 52.1 Å². The summed E-state index contributed by atoms with van der Waals surface area (Å²) in [5.74, 6) is 0.266. The molecule has 1 amide bonds. The van der Waals surface area contributed by atoms with Gasteiger partial charge >= 0.3 is 5.97 Å². The molecule has 0 bridgehead atoms. The van der Waals surface area contributed by atoms with E-state index in [0.29, 0.717) is 36.2 Å².